The molecule has 0 bridgehead atoms. The van der Waals surface area contributed by atoms with Gasteiger partial charge in [0.15, 0.2) is 0 Å². The fourth-order valence-electron chi connectivity index (χ4n) is 1.95. The number of aliphatic hydroxyl groups is 1. The summed E-state index contributed by atoms with van der Waals surface area (Å²) >= 11 is 0. The van der Waals surface area contributed by atoms with Crippen molar-refractivity contribution in [2.45, 2.75) is 25.9 Å². The molecule has 6 nitrogen and oxygen atoms in total. The van der Waals surface area contributed by atoms with E-state index in [2.05, 4.69) is 20.6 Å². The third-order valence-corrected chi connectivity index (χ3v) is 3.01. The molecular formula is C15H20N4O2. The molecular weight excluding hydrogens is 268 g/mol. The smallest absolute Gasteiger partial charge is 0.220 e. The van der Waals surface area contributed by atoms with Gasteiger partial charge in [0.1, 0.15) is 12.1 Å². The quantitative estimate of drug-likeness (QED) is 0.669. The van der Waals surface area contributed by atoms with E-state index in [1.54, 1.807) is 6.92 Å². The zero-order chi connectivity index (χ0) is 15.1. The number of nitrogens with zero attached hydrogens (tertiary/aromatic N) is 2. The zero-order valence-corrected chi connectivity index (χ0v) is 12.0. The number of para-hydroxylation sites is 1. The Morgan fingerprint density at radius 3 is 2.95 bits per heavy atom. The number of aromatic nitrogens is 2. The number of anilines is 1. The number of rotatable bonds is 7. The van der Waals surface area contributed by atoms with Crippen molar-refractivity contribution >= 4 is 22.6 Å². The number of carbonyl (C=O) groups excluding carboxylic acids is 1. The van der Waals surface area contributed by atoms with Crippen LogP contribution in [0.3, 0.4) is 0 Å². The molecule has 0 aliphatic carbocycles. The van der Waals surface area contributed by atoms with Gasteiger partial charge in [0.2, 0.25) is 5.91 Å². The summed E-state index contributed by atoms with van der Waals surface area (Å²) in [6.45, 7) is 2.59. The average molecular weight is 288 g/mol. The average Bonchev–Trinajstić information content (AvgIpc) is 2.49. The van der Waals surface area contributed by atoms with Crippen molar-refractivity contribution in [3.63, 3.8) is 0 Å². The van der Waals surface area contributed by atoms with Crippen molar-refractivity contribution in [1.29, 1.82) is 0 Å². The Bertz CT molecular complexity index is 596. The minimum absolute atomic E-state index is 0.0507. The van der Waals surface area contributed by atoms with Gasteiger partial charge in [-0.05, 0) is 25.5 Å². The fraction of sp³-hybridized carbons (Fsp3) is 0.400. The normalized spacial score (nSPS) is 12.1. The second-order valence-electron chi connectivity index (χ2n) is 4.92. The Balaban J connectivity index is 1.79. The molecule has 1 heterocycles. The highest BCUT2D eigenvalue weighted by molar-refractivity contribution is 5.88. The first kappa shape index (κ1) is 15.2. The first-order valence-electron chi connectivity index (χ1n) is 7.05. The lowest BCUT2D eigenvalue weighted by Crippen LogP contribution is -2.30. The first-order valence-corrected chi connectivity index (χ1v) is 7.05. The number of nitrogens with one attached hydrogen (secondary N) is 2. The van der Waals surface area contributed by atoms with Gasteiger partial charge in [-0.2, -0.15) is 0 Å². The van der Waals surface area contributed by atoms with Crippen LogP contribution in [0.5, 0.6) is 0 Å². The topological polar surface area (TPSA) is 87.1 Å². The van der Waals surface area contributed by atoms with Gasteiger partial charge in [-0.15, -0.1) is 0 Å². The molecule has 1 amide bonds. The lowest BCUT2D eigenvalue weighted by atomic mass is 10.2. The van der Waals surface area contributed by atoms with E-state index in [0.29, 0.717) is 25.9 Å². The SMILES string of the molecule is CC(O)CNC(=O)CCCNc1ncnc2ccccc12. The molecule has 2 aromatic rings. The Morgan fingerprint density at radius 1 is 1.33 bits per heavy atom. The molecule has 0 fully saturated rings. The van der Waals surface area contributed by atoms with E-state index in [1.807, 2.05) is 24.3 Å². The molecule has 21 heavy (non-hydrogen) atoms. The zero-order valence-electron chi connectivity index (χ0n) is 12.0. The van der Waals surface area contributed by atoms with Crippen molar-refractivity contribution in [3.8, 4) is 0 Å². The molecule has 1 atom stereocenters. The summed E-state index contributed by atoms with van der Waals surface area (Å²) in [4.78, 5) is 19.9. The molecule has 0 spiro atoms. The van der Waals surface area contributed by atoms with Crippen molar-refractivity contribution in [1.82, 2.24) is 15.3 Å². The van der Waals surface area contributed by atoms with Crippen LogP contribution in [0.1, 0.15) is 19.8 Å². The Labute approximate surface area is 123 Å². The van der Waals surface area contributed by atoms with Crippen LogP contribution in [0.25, 0.3) is 10.9 Å². The number of benzene rings is 1. The Kier molecular flexibility index (Phi) is 5.45. The van der Waals surface area contributed by atoms with Gasteiger partial charge in [-0.25, -0.2) is 9.97 Å². The van der Waals surface area contributed by atoms with Gasteiger partial charge in [0.25, 0.3) is 0 Å². The van der Waals surface area contributed by atoms with Crippen LogP contribution in [0, 0.1) is 0 Å². The number of hydrogen-bond donors (Lipinski definition) is 3. The molecule has 1 unspecified atom stereocenters. The molecule has 0 saturated heterocycles. The van der Waals surface area contributed by atoms with Gasteiger partial charge in [0.05, 0.1) is 11.6 Å². The van der Waals surface area contributed by atoms with Crippen LogP contribution in [-0.4, -0.2) is 40.2 Å². The van der Waals surface area contributed by atoms with Crippen LogP contribution in [0.2, 0.25) is 0 Å². The minimum atomic E-state index is -0.514. The third kappa shape index (κ3) is 4.68. The summed E-state index contributed by atoms with van der Waals surface area (Å²) < 4.78 is 0. The molecule has 3 N–H and O–H groups in total. The van der Waals surface area contributed by atoms with Gasteiger partial charge in [0, 0.05) is 24.9 Å². The molecule has 6 heteroatoms. The summed E-state index contributed by atoms with van der Waals surface area (Å²) in [6, 6.07) is 7.78. The first-order chi connectivity index (χ1) is 10.2. The maximum absolute atomic E-state index is 11.5. The van der Waals surface area contributed by atoms with E-state index in [4.69, 9.17) is 5.11 Å². The van der Waals surface area contributed by atoms with Crippen LogP contribution >= 0.6 is 0 Å². The van der Waals surface area contributed by atoms with E-state index in [-0.39, 0.29) is 5.91 Å². The van der Waals surface area contributed by atoms with Crippen LogP contribution in [0.15, 0.2) is 30.6 Å². The predicted molar refractivity (Wildman–Crippen MR) is 82.0 cm³/mol. The fourth-order valence-corrected chi connectivity index (χ4v) is 1.95. The van der Waals surface area contributed by atoms with Gasteiger partial charge < -0.3 is 15.7 Å². The molecule has 112 valence electrons. The van der Waals surface area contributed by atoms with Crippen molar-refractivity contribution in [3.05, 3.63) is 30.6 Å². The molecule has 1 aromatic heterocycles. The van der Waals surface area contributed by atoms with E-state index in [1.165, 1.54) is 6.33 Å². The molecule has 2 rings (SSSR count). The molecule has 0 radical (unpaired) electrons. The Morgan fingerprint density at radius 2 is 2.14 bits per heavy atom. The van der Waals surface area contributed by atoms with E-state index < -0.39 is 6.10 Å². The number of fused-ring (bicyclic) bond motifs is 1. The summed E-state index contributed by atoms with van der Waals surface area (Å²) in [5, 5.41) is 15.9. The highest BCUT2D eigenvalue weighted by Crippen LogP contribution is 2.18. The Hall–Kier alpha value is -2.21. The molecule has 0 saturated carbocycles. The number of aliphatic hydroxyl groups excluding tert-OH is 1. The lowest BCUT2D eigenvalue weighted by Gasteiger charge is -2.09. The lowest BCUT2D eigenvalue weighted by molar-refractivity contribution is -0.121. The molecule has 1 aromatic carbocycles. The van der Waals surface area contributed by atoms with E-state index >= 15 is 0 Å². The van der Waals surface area contributed by atoms with Crippen LogP contribution in [-0.2, 0) is 4.79 Å². The highest BCUT2D eigenvalue weighted by atomic mass is 16.3. The summed E-state index contributed by atoms with van der Waals surface area (Å²) in [6.07, 6.45) is 2.13. The van der Waals surface area contributed by atoms with Gasteiger partial charge >= 0.3 is 0 Å². The highest BCUT2D eigenvalue weighted by Gasteiger charge is 2.04. The van der Waals surface area contributed by atoms with E-state index in [9.17, 15) is 4.79 Å². The second kappa shape index (κ2) is 7.54. The number of amides is 1. The summed E-state index contributed by atoms with van der Waals surface area (Å²) in [7, 11) is 0. The second-order valence-corrected chi connectivity index (χ2v) is 4.92. The number of hydrogen-bond acceptors (Lipinski definition) is 5. The monoisotopic (exact) mass is 288 g/mol. The summed E-state index contributed by atoms with van der Waals surface area (Å²) in [5.41, 5.74) is 0.893. The molecule has 0 aliphatic rings. The van der Waals surface area contributed by atoms with Crippen molar-refractivity contribution in [2.24, 2.45) is 0 Å². The van der Waals surface area contributed by atoms with E-state index in [0.717, 1.165) is 16.7 Å². The summed E-state index contributed by atoms with van der Waals surface area (Å²) in [5.74, 6) is 0.732. The third-order valence-electron chi connectivity index (χ3n) is 3.01. The minimum Gasteiger partial charge on any atom is -0.392 e. The van der Waals surface area contributed by atoms with Crippen molar-refractivity contribution < 1.29 is 9.90 Å². The predicted octanol–water partition coefficient (Wildman–Crippen LogP) is 1.32. The maximum atomic E-state index is 11.5. The molecule has 0 aliphatic heterocycles. The maximum Gasteiger partial charge on any atom is 0.220 e. The largest absolute Gasteiger partial charge is 0.392 e. The van der Waals surface area contributed by atoms with Gasteiger partial charge in [-0.3, -0.25) is 4.79 Å². The van der Waals surface area contributed by atoms with Crippen LogP contribution < -0.4 is 10.6 Å². The van der Waals surface area contributed by atoms with Gasteiger partial charge in [-0.1, -0.05) is 12.1 Å². The van der Waals surface area contributed by atoms with Crippen molar-refractivity contribution in [2.75, 3.05) is 18.4 Å². The standard InChI is InChI=1S/C15H20N4O2/c1-11(20)9-17-14(21)7-4-8-16-15-12-5-2-3-6-13(12)18-10-19-15/h2-3,5-6,10-11,20H,4,7-9H2,1H3,(H,17,21)(H,16,18,19). The number of carbonyl (C=O) groups is 1. The van der Waals surface area contributed by atoms with Crippen LogP contribution in [0.4, 0.5) is 5.82 Å².